The van der Waals surface area contributed by atoms with Crippen LogP contribution in [0, 0.1) is 11.8 Å². The van der Waals surface area contributed by atoms with E-state index in [2.05, 4.69) is 43.0 Å². The van der Waals surface area contributed by atoms with Gasteiger partial charge in [-0.05, 0) is 61.4 Å². The standard InChI is InChI=1S/C22H26ClN5/c23-19-3-1-16(2-4-19)13-27-10-6-18(14-27)17-7-11-28(12-8-17)22-20-5-9-24-21(20)25-15-26-22/h1-5,9,15,17-18H,6-8,10-14H2,(H,24,25,26)/t18-/m1/s1. The molecule has 6 heteroatoms. The lowest BCUT2D eigenvalue weighted by Gasteiger charge is -2.35. The lowest BCUT2D eigenvalue weighted by atomic mass is 9.83. The van der Waals surface area contributed by atoms with E-state index in [4.69, 9.17) is 11.6 Å². The van der Waals surface area contributed by atoms with Crippen molar-refractivity contribution in [3.8, 4) is 0 Å². The summed E-state index contributed by atoms with van der Waals surface area (Å²) >= 11 is 6.01. The summed E-state index contributed by atoms with van der Waals surface area (Å²) in [7, 11) is 0. The quantitative estimate of drug-likeness (QED) is 0.713. The molecule has 0 aliphatic carbocycles. The van der Waals surface area contributed by atoms with Gasteiger partial charge in [0.1, 0.15) is 17.8 Å². The summed E-state index contributed by atoms with van der Waals surface area (Å²) in [6, 6.07) is 10.4. The molecule has 3 aromatic rings. The van der Waals surface area contributed by atoms with Crippen molar-refractivity contribution in [1.29, 1.82) is 0 Å². The van der Waals surface area contributed by atoms with E-state index in [1.54, 1.807) is 6.33 Å². The predicted molar refractivity (Wildman–Crippen MR) is 114 cm³/mol. The molecule has 0 saturated carbocycles. The summed E-state index contributed by atoms with van der Waals surface area (Å²) in [5.41, 5.74) is 2.29. The first kappa shape index (κ1) is 18.0. The van der Waals surface area contributed by atoms with Crippen molar-refractivity contribution in [3.05, 3.63) is 53.4 Å². The zero-order valence-electron chi connectivity index (χ0n) is 16.0. The average Bonchev–Trinajstić information content (AvgIpc) is 3.39. The number of anilines is 1. The summed E-state index contributed by atoms with van der Waals surface area (Å²) in [6.07, 6.45) is 7.47. The molecule has 0 spiro atoms. The van der Waals surface area contributed by atoms with Crippen LogP contribution in [0.5, 0.6) is 0 Å². The van der Waals surface area contributed by atoms with Crippen LogP contribution in [0.4, 0.5) is 5.82 Å². The van der Waals surface area contributed by atoms with Gasteiger partial charge in [0, 0.05) is 37.4 Å². The SMILES string of the molecule is Clc1ccc(CN2CC[C@@H](C3CCN(c4ncnc5[nH]ccc45)CC3)C2)cc1. The molecule has 0 unspecified atom stereocenters. The monoisotopic (exact) mass is 395 g/mol. The first-order valence-corrected chi connectivity index (χ1v) is 10.6. The summed E-state index contributed by atoms with van der Waals surface area (Å²) in [4.78, 5) is 17.1. The Balaban J connectivity index is 1.17. The van der Waals surface area contributed by atoms with Gasteiger partial charge in [-0.3, -0.25) is 4.90 Å². The molecular formula is C22H26ClN5. The van der Waals surface area contributed by atoms with E-state index in [9.17, 15) is 0 Å². The Kier molecular flexibility index (Phi) is 4.95. The van der Waals surface area contributed by atoms with E-state index in [1.807, 2.05) is 18.3 Å². The Bertz CT molecular complexity index is 930. The Labute approximate surface area is 170 Å². The maximum atomic E-state index is 6.01. The second-order valence-corrected chi connectivity index (χ2v) is 8.61. The molecule has 1 N–H and O–H groups in total. The fourth-order valence-corrected chi connectivity index (χ4v) is 5.06. The fourth-order valence-electron chi connectivity index (χ4n) is 4.93. The van der Waals surface area contributed by atoms with Crippen molar-refractivity contribution < 1.29 is 0 Å². The highest BCUT2D eigenvalue weighted by Gasteiger charge is 2.32. The Morgan fingerprint density at radius 3 is 2.57 bits per heavy atom. The molecule has 28 heavy (non-hydrogen) atoms. The van der Waals surface area contributed by atoms with Gasteiger partial charge in [0.05, 0.1) is 5.39 Å². The number of nitrogens with one attached hydrogen (secondary N) is 1. The minimum atomic E-state index is 0.815. The number of aromatic nitrogens is 3. The molecule has 1 atom stereocenters. The molecule has 5 nitrogen and oxygen atoms in total. The molecule has 1 aromatic carbocycles. The normalized spacial score (nSPS) is 21.6. The second kappa shape index (κ2) is 7.72. The summed E-state index contributed by atoms with van der Waals surface area (Å²) in [5, 5.41) is 1.95. The van der Waals surface area contributed by atoms with Crippen molar-refractivity contribution >= 4 is 28.5 Å². The number of H-pyrrole nitrogens is 1. The number of piperidine rings is 1. The number of rotatable bonds is 4. The molecule has 4 heterocycles. The van der Waals surface area contributed by atoms with Crippen LogP contribution in [-0.2, 0) is 6.54 Å². The van der Waals surface area contributed by atoms with Crippen LogP contribution < -0.4 is 4.90 Å². The number of halogens is 1. The largest absolute Gasteiger partial charge is 0.356 e. The maximum absolute atomic E-state index is 6.01. The smallest absolute Gasteiger partial charge is 0.142 e. The van der Waals surface area contributed by atoms with Gasteiger partial charge < -0.3 is 9.88 Å². The molecule has 2 aliphatic rings. The summed E-state index contributed by atoms with van der Waals surface area (Å²) in [6.45, 7) is 5.66. The molecule has 2 fully saturated rings. The number of aromatic amines is 1. The number of hydrogen-bond donors (Lipinski definition) is 1. The lowest BCUT2D eigenvalue weighted by Crippen LogP contribution is -2.37. The minimum absolute atomic E-state index is 0.815. The molecule has 0 amide bonds. The van der Waals surface area contributed by atoms with Crippen molar-refractivity contribution in [2.24, 2.45) is 11.8 Å². The number of benzene rings is 1. The van der Waals surface area contributed by atoms with E-state index >= 15 is 0 Å². The highest BCUT2D eigenvalue weighted by atomic mass is 35.5. The third kappa shape index (κ3) is 3.61. The van der Waals surface area contributed by atoms with Gasteiger partial charge in [-0.1, -0.05) is 23.7 Å². The first-order valence-electron chi connectivity index (χ1n) is 10.3. The number of fused-ring (bicyclic) bond motifs is 1. The second-order valence-electron chi connectivity index (χ2n) is 8.17. The van der Waals surface area contributed by atoms with Crippen LogP contribution in [0.2, 0.25) is 5.02 Å². The van der Waals surface area contributed by atoms with Gasteiger partial charge in [0.25, 0.3) is 0 Å². The third-order valence-electron chi connectivity index (χ3n) is 6.47. The summed E-state index contributed by atoms with van der Waals surface area (Å²) in [5.74, 6) is 2.74. The van der Waals surface area contributed by atoms with Gasteiger partial charge in [-0.2, -0.15) is 0 Å². The Morgan fingerprint density at radius 1 is 0.964 bits per heavy atom. The predicted octanol–water partition coefficient (Wildman–Crippen LogP) is 4.35. The average molecular weight is 396 g/mol. The van der Waals surface area contributed by atoms with Gasteiger partial charge in [0.2, 0.25) is 0 Å². The molecule has 2 saturated heterocycles. The lowest BCUT2D eigenvalue weighted by molar-refractivity contribution is 0.252. The maximum Gasteiger partial charge on any atom is 0.142 e. The van der Waals surface area contributed by atoms with E-state index in [0.717, 1.165) is 53.3 Å². The third-order valence-corrected chi connectivity index (χ3v) is 6.72. The zero-order valence-corrected chi connectivity index (χ0v) is 16.8. The molecule has 0 bridgehead atoms. The van der Waals surface area contributed by atoms with E-state index in [1.165, 1.54) is 37.9 Å². The van der Waals surface area contributed by atoms with Crippen LogP contribution in [0.3, 0.4) is 0 Å². The van der Waals surface area contributed by atoms with E-state index in [-0.39, 0.29) is 0 Å². The van der Waals surface area contributed by atoms with Gasteiger partial charge in [0.15, 0.2) is 0 Å². The number of hydrogen-bond acceptors (Lipinski definition) is 4. The van der Waals surface area contributed by atoms with Crippen LogP contribution in [-0.4, -0.2) is 46.0 Å². The first-order chi connectivity index (χ1) is 13.8. The van der Waals surface area contributed by atoms with Crippen LogP contribution in [0.25, 0.3) is 11.0 Å². The number of likely N-dealkylation sites (tertiary alicyclic amines) is 1. The van der Waals surface area contributed by atoms with Gasteiger partial charge in [-0.25, -0.2) is 9.97 Å². The van der Waals surface area contributed by atoms with E-state index < -0.39 is 0 Å². The minimum Gasteiger partial charge on any atom is -0.356 e. The molecule has 2 aliphatic heterocycles. The van der Waals surface area contributed by atoms with Crippen molar-refractivity contribution in [2.45, 2.75) is 25.8 Å². The van der Waals surface area contributed by atoms with Crippen molar-refractivity contribution in [3.63, 3.8) is 0 Å². The highest BCUT2D eigenvalue weighted by Crippen LogP contribution is 2.34. The van der Waals surface area contributed by atoms with E-state index in [0.29, 0.717) is 0 Å². The van der Waals surface area contributed by atoms with Crippen LogP contribution in [0.15, 0.2) is 42.9 Å². The highest BCUT2D eigenvalue weighted by molar-refractivity contribution is 6.30. The topological polar surface area (TPSA) is 48.1 Å². The fraction of sp³-hybridized carbons (Fsp3) is 0.455. The van der Waals surface area contributed by atoms with Crippen LogP contribution in [0.1, 0.15) is 24.8 Å². The number of nitrogens with zero attached hydrogens (tertiary/aromatic N) is 4. The Hall–Kier alpha value is -2.11. The summed E-state index contributed by atoms with van der Waals surface area (Å²) < 4.78 is 0. The molecule has 2 aromatic heterocycles. The molecule has 146 valence electrons. The molecular weight excluding hydrogens is 370 g/mol. The molecule has 5 rings (SSSR count). The van der Waals surface area contributed by atoms with Gasteiger partial charge in [-0.15, -0.1) is 0 Å². The Morgan fingerprint density at radius 2 is 1.75 bits per heavy atom. The van der Waals surface area contributed by atoms with Crippen LogP contribution >= 0.6 is 11.6 Å². The van der Waals surface area contributed by atoms with Crippen molar-refractivity contribution in [2.75, 3.05) is 31.1 Å². The van der Waals surface area contributed by atoms with Gasteiger partial charge >= 0.3 is 0 Å². The zero-order chi connectivity index (χ0) is 18.9. The van der Waals surface area contributed by atoms with Crippen molar-refractivity contribution in [1.82, 2.24) is 19.9 Å². The molecule has 0 radical (unpaired) electrons.